The van der Waals surface area contributed by atoms with Crippen molar-refractivity contribution in [3.05, 3.63) is 128 Å². The molecule has 0 saturated carbocycles. The average molecular weight is 975 g/mol. The molecular formula is C55H74N8O8. The first-order valence-corrected chi connectivity index (χ1v) is 25.4. The molecule has 1 atom stereocenters. The minimum Gasteiger partial charge on any atom is -0.384 e. The molecule has 5 N–H and O–H groups in total. The minimum atomic E-state index is -0.989. The highest BCUT2D eigenvalue weighted by Crippen LogP contribution is 2.32. The number of unbranched alkanes of at least 4 members (excludes halogenated alkanes) is 3. The number of aromatic amines is 1. The molecule has 1 aromatic heterocycles. The third kappa shape index (κ3) is 14.9. The molecule has 3 aliphatic rings. The summed E-state index contributed by atoms with van der Waals surface area (Å²) in [7, 11) is 0. The first-order valence-electron chi connectivity index (χ1n) is 25.4. The maximum atomic E-state index is 13.9. The molecule has 0 spiro atoms. The van der Waals surface area contributed by atoms with Crippen molar-refractivity contribution >= 4 is 40.8 Å². The predicted molar refractivity (Wildman–Crippen MR) is 277 cm³/mol. The Kier molecular flexibility index (Phi) is 20.5. The number of H-pyrrole nitrogens is 1. The fraction of sp³-hybridized carbons (Fsp3) is 0.491. The Hall–Kier alpha value is -6.20. The lowest BCUT2D eigenvalue weighted by Crippen LogP contribution is -2.54. The van der Waals surface area contributed by atoms with Crippen LogP contribution in [0.5, 0.6) is 0 Å². The van der Waals surface area contributed by atoms with Crippen molar-refractivity contribution in [3.8, 4) is 0 Å². The number of likely N-dealkylation sites (N-methyl/N-ethyl adjacent to an activating group) is 1. The highest BCUT2D eigenvalue weighted by molar-refractivity contribution is 6.25. The number of fused-ring (bicyclic) bond motifs is 1. The quantitative estimate of drug-likeness (QED) is 0.0254. The number of pyridine rings is 1. The standard InChI is InChI=1S/C55H74N8O8/c1-7-61(27-31-70-28-12-10-9-11-24-57-47-15-13-14-44-50(47)55(69)63(54(44)68)48-20-21-49(64)60-53(48)67)26-25-56-34-41-16-18-42(19-17-41)37(3)33-45(39(5)36-62(8-2)43-22-29-71-30-23-43)51(65)58-35-46-38(4)32-40(6)59-52(46)66/h13-19,32-33,36,43,48,56-57H,3,7-12,20-31,34-35H2,1-2,4-6H3,(H,58,65)(H,59,66)(H,60,64,67)/b39-36+,45-33+. The SMILES string of the molecule is C=C(/C=C(C(=O)NCc1c(C)cc(C)[nH]c1=O)\C(C)=C\N(CC)C1CCOCC1)c1ccc(CNCCN(CC)CCOCCCCCCNc2cccc3c2C(=O)N(C2CCC(=O)NC2=O)C3=O)cc1. The van der Waals surface area contributed by atoms with Crippen LogP contribution in [-0.2, 0) is 36.9 Å². The molecule has 3 aromatic rings. The lowest BCUT2D eigenvalue weighted by molar-refractivity contribution is -0.136. The molecule has 5 amide bonds. The minimum absolute atomic E-state index is 0.0816. The number of benzene rings is 2. The number of amides is 5. The van der Waals surface area contributed by atoms with Crippen LogP contribution in [-0.4, -0.2) is 127 Å². The van der Waals surface area contributed by atoms with Gasteiger partial charge in [0.15, 0.2) is 0 Å². The van der Waals surface area contributed by atoms with Crippen LogP contribution in [0.3, 0.4) is 0 Å². The van der Waals surface area contributed by atoms with E-state index in [9.17, 15) is 28.8 Å². The van der Waals surface area contributed by atoms with Gasteiger partial charge in [-0.1, -0.05) is 56.7 Å². The molecule has 2 aromatic carbocycles. The fourth-order valence-electron chi connectivity index (χ4n) is 9.37. The zero-order valence-corrected chi connectivity index (χ0v) is 42.4. The number of rotatable bonds is 27. The van der Waals surface area contributed by atoms with Crippen molar-refractivity contribution in [3.63, 3.8) is 0 Å². The maximum absolute atomic E-state index is 13.9. The van der Waals surface area contributed by atoms with Crippen LogP contribution < -0.4 is 26.8 Å². The molecule has 71 heavy (non-hydrogen) atoms. The van der Waals surface area contributed by atoms with Crippen molar-refractivity contribution < 1.29 is 33.4 Å². The number of piperidine rings is 1. The van der Waals surface area contributed by atoms with E-state index in [2.05, 4.69) is 74.8 Å². The van der Waals surface area contributed by atoms with Gasteiger partial charge in [-0.25, -0.2) is 0 Å². The number of aromatic nitrogens is 1. The van der Waals surface area contributed by atoms with Crippen LogP contribution >= 0.6 is 0 Å². The summed E-state index contributed by atoms with van der Waals surface area (Å²) in [4.78, 5) is 85.7. The van der Waals surface area contributed by atoms with Gasteiger partial charge in [0.2, 0.25) is 11.8 Å². The Balaban J connectivity index is 0.886. The highest BCUT2D eigenvalue weighted by atomic mass is 16.5. The van der Waals surface area contributed by atoms with E-state index in [1.807, 2.05) is 45.0 Å². The molecule has 2 fully saturated rings. The second-order valence-electron chi connectivity index (χ2n) is 18.6. The third-order valence-corrected chi connectivity index (χ3v) is 13.5. The van der Waals surface area contributed by atoms with Crippen molar-refractivity contribution in [1.29, 1.82) is 0 Å². The molecule has 16 nitrogen and oxygen atoms in total. The number of carbonyl (C=O) groups excluding carboxylic acids is 5. The lowest BCUT2D eigenvalue weighted by atomic mass is 9.98. The van der Waals surface area contributed by atoms with Gasteiger partial charge < -0.3 is 40.2 Å². The Bertz CT molecular complexity index is 2490. The molecule has 2 saturated heterocycles. The number of aryl methyl sites for hydroxylation is 2. The molecule has 4 heterocycles. The van der Waals surface area contributed by atoms with E-state index in [0.29, 0.717) is 54.7 Å². The number of allylic oxidation sites excluding steroid dienone is 2. The first-order chi connectivity index (χ1) is 34.3. The monoisotopic (exact) mass is 975 g/mol. The van der Waals surface area contributed by atoms with Crippen LogP contribution in [0.4, 0.5) is 5.69 Å². The third-order valence-electron chi connectivity index (χ3n) is 13.5. The number of carbonyl (C=O) groups is 5. The molecule has 0 bridgehead atoms. The molecule has 3 aliphatic heterocycles. The summed E-state index contributed by atoms with van der Waals surface area (Å²) in [5.41, 5.74) is 7.14. The molecule has 6 rings (SSSR count). The predicted octanol–water partition coefficient (Wildman–Crippen LogP) is 6.15. The van der Waals surface area contributed by atoms with Crippen LogP contribution in [0, 0.1) is 13.8 Å². The Morgan fingerprint density at radius 2 is 1.66 bits per heavy atom. The van der Waals surface area contributed by atoms with E-state index >= 15 is 0 Å². The maximum Gasteiger partial charge on any atom is 0.264 e. The second kappa shape index (κ2) is 26.9. The molecule has 382 valence electrons. The van der Waals surface area contributed by atoms with Crippen LogP contribution in [0.25, 0.3) is 5.57 Å². The zero-order valence-electron chi connectivity index (χ0n) is 42.4. The van der Waals surface area contributed by atoms with Gasteiger partial charge in [0.1, 0.15) is 6.04 Å². The van der Waals surface area contributed by atoms with Crippen molar-refractivity contribution in [1.82, 2.24) is 35.6 Å². The second-order valence-corrected chi connectivity index (χ2v) is 18.6. The number of imide groups is 2. The van der Waals surface area contributed by atoms with Crippen LogP contribution in [0.1, 0.15) is 121 Å². The van der Waals surface area contributed by atoms with E-state index < -0.39 is 29.7 Å². The van der Waals surface area contributed by atoms with Gasteiger partial charge in [-0.3, -0.25) is 39.0 Å². The van der Waals surface area contributed by atoms with Crippen molar-refractivity contribution in [2.75, 3.05) is 71.0 Å². The topological polar surface area (TPSA) is 195 Å². The zero-order chi connectivity index (χ0) is 50.9. The van der Waals surface area contributed by atoms with E-state index in [0.717, 1.165) is 117 Å². The van der Waals surface area contributed by atoms with Gasteiger partial charge in [-0.2, -0.15) is 0 Å². The lowest BCUT2D eigenvalue weighted by Gasteiger charge is -2.33. The number of nitrogens with zero attached hydrogens (tertiary/aromatic N) is 3. The number of nitrogens with one attached hydrogen (secondary N) is 5. The molecule has 1 unspecified atom stereocenters. The molecular weight excluding hydrogens is 901 g/mol. The van der Waals surface area contributed by atoms with Gasteiger partial charge >= 0.3 is 0 Å². The van der Waals surface area contributed by atoms with E-state index in [1.54, 1.807) is 18.2 Å². The Morgan fingerprint density at radius 1 is 0.901 bits per heavy atom. The van der Waals surface area contributed by atoms with Gasteiger partial charge in [0, 0.05) is 107 Å². The van der Waals surface area contributed by atoms with Gasteiger partial charge in [-0.05, 0) is 118 Å². The molecule has 0 radical (unpaired) electrons. The number of ether oxygens (including phenoxy) is 2. The van der Waals surface area contributed by atoms with Crippen molar-refractivity contribution in [2.24, 2.45) is 0 Å². The summed E-state index contributed by atoms with van der Waals surface area (Å²) in [6, 6.07) is 14.6. The summed E-state index contributed by atoms with van der Waals surface area (Å²) in [6.45, 7) is 22.9. The average Bonchev–Trinajstić information content (AvgIpc) is 3.61. The van der Waals surface area contributed by atoms with Crippen LogP contribution in [0.2, 0.25) is 0 Å². The largest absolute Gasteiger partial charge is 0.384 e. The summed E-state index contributed by atoms with van der Waals surface area (Å²) >= 11 is 0. The van der Waals surface area contributed by atoms with E-state index in [1.165, 1.54) is 0 Å². The smallest absolute Gasteiger partial charge is 0.264 e. The Labute approximate surface area is 418 Å². The summed E-state index contributed by atoms with van der Waals surface area (Å²) in [5.74, 6) is -2.31. The summed E-state index contributed by atoms with van der Waals surface area (Å²) in [5, 5.41) is 12.1. The van der Waals surface area contributed by atoms with E-state index in [-0.39, 0.29) is 42.0 Å². The number of hydrogen-bond acceptors (Lipinski definition) is 12. The number of anilines is 1. The molecule has 0 aliphatic carbocycles. The van der Waals surface area contributed by atoms with Crippen molar-refractivity contribution in [2.45, 2.75) is 111 Å². The van der Waals surface area contributed by atoms with Gasteiger partial charge in [0.25, 0.3) is 23.3 Å². The first kappa shape index (κ1) is 54.1. The highest BCUT2D eigenvalue weighted by Gasteiger charge is 2.45. The summed E-state index contributed by atoms with van der Waals surface area (Å²) in [6.07, 6.45) is 9.80. The van der Waals surface area contributed by atoms with Gasteiger partial charge in [-0.15, -0.1) is 0 Å². The van der Waals surface area contributed by atoms with Gasteiger partial charge in [0.05, 0.1) is 17.7 Å². The molecule has 16 heteroatoms. The van der Waals surface area contributed by atoms with Crippen LogP contribution in [0.15, 0.2) is 83.3 Å². The summed E-state index contributed by atoms with van der Waals surface area (Å²) < 4.78 is 11.6. The fourth-order valence-corrected chi connectivity index (χ4v) is 9.37. The number of hydrogen-bond donors (Lipinski definition) is 5. The van der Waals surface area contributed by atoms with E-state index in [4.69, 9.17) is 9.47 Å². The normalized spacial score (nSPS) is 16.6. The Morgan fingerprint density at radius 3 is 2.38 bits per heavy atom.